The summed E-state index contributed by atoms with van der Waals surface area (Å²) in [5, 5.41) is 3.11. The van der Waals surface area contributed by atoms with Gasteiger partial charge in [-0.05, 0) is 47.2 Å². The van der Waals surface area contributed by atoms with Crippen LogP contribution in [0.25, 0.3) is 0 Å². The molecule has 0 aliphatic heterocycles. The zero-order valence-electron chi connectivity index (χ0n) is 8.64. The Labute approximate surface area is 82.5 Å². The van der Waals surface area contributed by atoms with Crippen LogP contribution in [0.4, 0.5) is 0 Å². The molecule has 0 aromatic heterocycles. The van der Waals surface area contributed by atoms with Gasteiger partial charge in [-0.15, -0.1) is 12.4 Å². The molecule has 0 aliphatic carbocycles. The molecule has 0 saturated heterocycles. The molecule has 0 unspecified atom stereocenters. The van der Waals surface area contributed by atoms with Crippen LogP contribution in [0.15, 0.2) is 0 Å². The number of halogens is 1. The molecule has 0 aromatic carbocycles. The van der Waals surface area contributed by atoms with Gasteiger partial charge in [0.1, 0.15) is 0 Å². The largest absolute Gasteiger partial charge is 0.376 e. The number of ether oxygens (including phenoxy) is 1. The molecule has 0 heterocycles. The molecule has 0 spiro atoms. The quantitative estimate of drug-likeness (QED) is 0.680. The number of unbranched alkanes of at least 4 members (excludes halogenated alkanes) is 1. The standard InChI is InChI=1S/C9H21NO.ClH/c1-9(2,3)11-8-6-5-7-10-4;/h10H,5-8H2,1-4H3;1H. The Hall–Kier alpha value is 0.210. The highest BCUT2D eigenvalue weighted by Crippen LogP contribution is 2.07. The van der Waals surface area contributed by atoms with Gasteiger partial charge in [-0.25, -0.2) is 0 Å². The summed E-state index contributed by atoms with van der Waals surface area (Å²) in [4.78, 5) is 0. The second-order valence-corrected chi connectivity index (χ2v) is 3.77. The van der Waals surface area contributed by atoms with E-state index < -0.39 is 0 Å². The first kappa shape index (κ1) is 14.7. The second kappa shape index (κ2) is 7.84. The summed E-state index contributed by atoms with van der Waals surface area (Å²) in [5.41, 5.74) is 0.0274. The van der Waals surface area contributed by atoms with E-state index in [9.17, 15) is 0 Å². The van der Waals surface area contributed by atoms with Gasteiger partial charge in [0.2, 0.25) is 0 Å². The lowest BCUT2D eigenvalue weighted by Crippen LogP contribution is -2.20. The van der Waals surface area contributed by atoms with Gasteiger partial charge in [-0.2, -0.15) is 0 Å². The molecule has 0 saturated carbocycles. The Kier molecular flexibility index (Phi) is 9.61. The SMILES string of the molecule is CNCCCCOC(C)(C)C.Cl. The van der Waals surface area contributed by atoms with Crippen LogP contribution >= 0.6 is 12.4 Å². The molecule has 0 rings (SSSR count). The van der Waals surface area contributed by atoms with Crippen LogP contribution in [0, 0.1) is 0 Å². The maximum absolute atomic E-state index is 5.55. The first-order chi connectivity index (χ1) is 5.06. The molecular weight excluding hydrogens is 174 g/mol. The lowest BCUT2D eigenvalue weighted by molar-refractivity contribution is -0.00447. The van der Waals surface area contributed by atoms with Gasteiger partial charge >= 0.3 is 0 Å². The highest BCUT2D eigenvalue weighted by molar-refractivity contribution is 5.85. The molecule has 0 radical (unpaired) electrons. The summed E-state index contributed by atoms with van der Waals surface area (Å²) < 4.78 is 5.55. The Morgan fingerprint density at radius 1 is 1.17 bits per heavy atom. The summed E-state index contributed by atoms with van der Waals surface area (Å²) in [5.74, 6) is 0. The van der Waals surface area contributed by atoms with Gasteiger partial charge in [0, 0.05) is 6.61 Å². The average molecular weight is 196 g/mol. The summed E-state index contributed by atoms with van der Waals surface area (Å²) >= 11 is 0. The molecule has 0 atom stereocenters. The van der Waals surface area contributed by atoms with Gasteiger partial charge in [0.05, 0.1) is 5.60 Å². The zero-order chi connectivity index (χ0) is 8.74. The summed E-state index contributed by atoms with van der Waals surface area (Å²) in [6, 6.07) is 0. The van der Waals surface area contributed by atoms with E-state index in [1.165, 1.54) is 6.42 Å². The fraction of sp³-hybridized carbons (Fsp3) is 1.00. The van der Waals surface area contributed by atoms with Crippen LogP contribution in [0.5, 0.6) is 0 Å². The number of hydrogen-bond acceptors (Lipinski definition) is 2. The van der Waals surface area contributed by atoms with Crippen molar-refractivity contribution in [3.05, 3.63) is 0 Å². The minimum atomic E-state index is 0. The van der Waals surface area contributed by atoms with Gasteiger partial charge in [-0.1, -0.05) is 0 Å². The topological polar surface area (TPSA) is 21.3 Å². The fourth-order valence-electron chi connectivity index (χ4n) is 0.782. The molecule has 0 aliphatic rings. The molecule has 0 bridgehead atoms. The molecule has 12 heavy (non-hydrogen) atoms. The Morgan fingerprint density at radius 3 is 2.17 bits per heavy atom. The van der Waals surface area contributed by atoms with Gasteiger partial charge in [0.25, 0.3) is 0 Å². The first-order valence-corrected chi connectivity index (χ1v) is 4.35. The van der Waals surface area contributed by atoms with Crippen LogP contribution in [0.2, 0.25) is 0 Å². The maximum atomic E-state index is 5.55. The Balaban J connectivity index is 0. The van der Waals surface area contributed by atoms with E-state index in [4.69, 9.17) is 4.74 Å². The van der Waals surface area contributed by atoms with Crippen LogP contribution in [-0.4, -0.2) is 25.8 Å². The van der Waals surface area contributed by atoms with Gasteiger partial charge in [-0.3, -0.25) is 0 Å². The van der Waals surface area contributed by atoms with Crippen molar-refractivity contribution < 1.29 is 4.74 Å². The van der Waals surface area contributed by atoms with Crippen LogP contribution in [-0.2, 0) is 4.74 Å². The Bertz CT molecular complexity index is 91.0. The van der Waals surface area contributed by atoms with Crippen molar-refractivity contribution in [1.82, 2.24) is 5.32 Å². The van der Waals surface area contributed by atoms with E-state index in [2.05, 4.69) is 26.1 Å². The average Bonchev–Trinajstić information content (AvgIpc) is 1.85. The molecule has 1 N–H and O–H groups in total. The normalized spacial score (nSPS) is 11.0. The van der Waals surface area contributed by atoms with Crippen molar-refractivity contribution in [2.24, 2.45) is 0 Å². The molecule has 0 fully saturated rings. The predicted molar refractivity (Wildman–Crippen MR) is 56.1 cm³/mol. The molecule has 0 aromatic rings. The van der Waals surface area contributed by atoms with Gasteiger partial charge in [0.15, 0.2) is 0 Å². The molecular formula is C9H22ClNO. The van der Waals surface area contributed by atoms with Crippen LogP contribution in [0.3, 0.4) is 0 Å². The minimum absolute atomic E-state index is 0. The third-order valence-corrected chi connectivity index (χ3v) is 1.36. The number of rotatable bonds is 5. The zero-order valence-corrected chi connectivity index (χ0v) is 9.46. The highest BCUT2D eigenvalue weighted by Gasteiger charge is 2.08. The summed E-state index contributed by atoms with van der Waals surface area (Å²) in [7, 11) is 1.98. The Morgan fingerprint density at radius 2 is 1.75 bits per heavy atom. The minimum Gasteiger partial charge on any atom is -0.376 e. The van der Waals surface area contributed by atoms with Crippen molar-refractivity contribution in [3.63, 3.8) is 0 Å². The lowest BCUT2D eigenvalue weighted by Gasteiger charge is -2.19. The van der Waals surface area contributed by atoms with Crippen molar-refractivity contribution in [1.29, 1.82) is 0 Å². The van der Waals surface area contributed by atoms with E-state index in [0.717, 1.165) is 19.6 Å². The van der Waals surface area contributed by atoms with E-state index in [0.29, 0.717) is 0 Å². The lowest BCUT2D eigenvalue weighted by atomic mass is 10.2. The van der Waals surface area contributed by atoms with Crippen LogP contribution in [0.1, 0.15) is 33.6 Å². The summed E-state index contributed by atoms with van der Waals surface area (Å²) in [6.45, 7) is 8.24. The van der Waals surface area contributed by atoms with E-state index in [-0.39, 0.29) is 18.0 Å². The third-order valence-electron chi connectivity index (χ3n) is 1.36. The molecule has 3 heteroatoms. The highest BCUT2D eigenvalue weighted by atomic mass is 35.5. The van der Waals surface area contributed by atoms with Gasteiger partial charge < -0.3 is 10.1 Å². The van der Waals surface area contributed by atoms with E-state index in [1.807, 2.05) is 7.05 Å². The van der Waals surface area contributed by atoms with E-state index >= 15 is 0 Å². The third kappa shape index (κ3) is 12.8. The monoisotopic (exact) mass is 195 g/mol. The molecule has 76 valence electrons. The van der Waals surface area contributed by atoms with Crippen molar-refractivity contribution >= 4 is 12.4 Å². The number of nitrogens with one attached hydrogen (secondary N) is 1. The van der Waals surface area contributed by atoms with Crippen LogP contribution < -0.4 is 5.32 Å². The fourth-order valence-corrected chi connectivity index (χ4v) is 0.782. The number of hydrogen-bond donors (Lipinski definition) is 1. The van der Waals surface area contributed by atoms with Crippen molar-refractivity contribution in [2.45, 2.75) is 39.2 Å². The van der Waals surface area contributed by atoms with Crippen molar-refractivity contribution in [3.8, 4) is 0 Å². The predicted octanol–water partition coefficient (Wildman–Crippen LogP) is 2.22. The maximum Gasteiger partial charge on any atom is 0.0598 e. The van der Waals surface area contributed by atoms with Crippen molar-refractivity contribution in [2.75, 3.05) is 20.2 Å². The molecule has 2 nitrogen and oxygen atoms in total. The second-order valence-electron chi connectivity index (χ2n) is 3.77. The summed E-state index contributed by atoms with van der Waals surface area (Å²) in [6.07, 6.45) is 2.35. The van der Waals surface area contributed by atoms with E-state index in [1.54, 1.807) is 0 Å². The first-order valence-electron chi connectivity index (χ1n) is 4.35. The smallest absolute Gasteiger partial charge is 0.0598 e. The molecule has 0 amide bonds.